The van der Waals surface area contributed by atoms with Crippen molar-refractivity contribution in [2.24, 2.45) is 5.10 Å². The highest BCUT2D eigenvalue weighted by Crippen LogP contribution is 2.33. The predicted molar refractivity (Wildman–Crippen MR) is 79.7 cm³/mol. The average molecular weight is 319 g/mol. The number of rotatable bonds is 5. The van der Waals surface area contributed by atoms with E-state index in [4.69, 9.17) is 4.74 Å². The number of methoxy groups -OCH3 is 1. The van der Waals surface area contributed by atoms with Crippen LogP contribution < -0.4 is 10.2 Å². The number of nitro benzene ring substituents is 1. The molecule has 2 aromatic rings. The zero-order chi connectivity index (χ0) is 17.0. The molecule has 1 aromatic carbocycles. The van der Waals surface area contributed by atoms with E-state index in [1.807, 2.05) is 0 Å². The summed E-state index contributed by atoms with van der Waals surface area (Å²) in [6.07, 6.45) is 1.07. The maximum atomic E-state index is 11.7. The number of amides is 1. The molecule has 2 rings (SSSR count). The van der Waals surface area contributed by atoms with E-state index in [-0.39, 0.29) is 28.4 Å². The van der Waals surface area contributed by atoms with Gasteiger partial charge in [-0.05, 0) is 13.0 Å². The van der Waals surface area contributed by atoms with Crippen molar-refractivity contribution < 1.29 is 19.6 Å². The number of non-ortho nitro benzene ring substituents is 1. The zero-order valence-corrected chi connectivity index (χ0v) is 12.2. The van der Waals surface area contributed by atoms with Crippen molar-refractivity contribution in [3.05, 3.63) is 45.3 Å². The van der Waals surface area contributed by atoms with Crippen molar-refractivity contribution in [1.82, 2.24) is 15.6 Å². The lowest BCUT2D eigenvalue weighted by Gasteiger charge is -2.05. The van der Waals surface area contributed by atoms with Crippen molar-refractivity contribution >= 4 is 17.8 Å². The van der Waals surface area contributed by atoms with Crippen LogP contribution in [0.15, 0.2) is 23.3 Å². The van der Waals surface area contributed by atoms with Gasteiger partial charge in [0.2, 0.25) is 0 Å². The number of hydrogen-bond acceptors (Lipinski definition) is 7. The van der Waals surface area contributed by atoms with Crippen LogP contribution >= 0.6 is 0 Å². The maximum Gasteiger partial charge on any atom is 0.291 e. The number of hydrogen-bond donors (Lipinski definition) is 3. The molecule has 0 saturated carbocycles. The summed E-state index contributed by atoms with van der Waals surface area (Å²) in [5.41, 5.74) is 2.79. The number of nitrogens with zero attached hydrogens (tertiary/aromatic N) is 3. The molecule has 10 heteroatoms. The van der Waals surface area contributed by atoms with Crippen molar-refractivity contribution in [1.29, 1.82) is 0 Å². The average Bonchev–Trinajstić information content (AvgIpc) is 2.95. The fourth-order valence-electron chi connectivity index (χ4n) is 1.73. The van der Waals surface area contributed by atoms with Gasteiger partial charge in [-0.15, -0.1) is 0 Å². The molecule has 0 unspecified atom stereocenters. The number of phenols is 1. The van der Waals surface area contributed by atoms with Crippen LogP contribution in [0.2, 0.25) is 0 Å². The summed E-state index contributed by atoms with van der Waals surface area (Å²) < 4.78 is 4.86. The van der Waals surface area contributed by atoms with Crippen molar-refractivity contribution in [3.8, 4) is 11.5 Å². The Hall–Kier alpha value is -3.43. The second-order valence-electron chi connectivity index (χ2n) is 4.48. The van der Waals surface area contributed by atoms with Crippen LogP contribution in [0.1, 0.15) is 21.7 Å². The van der Waals surface area contributed by atoms with E-state index in [2.05, 4.69) is 20.7 Å². The number of aromatic nitrogens is 2. The number of H-pyrrole nitrogens is 1. The molecular weight excluding hydrogens is 306 g/mol. The first kappa shape index (κ1) is 15.9. The second kappa shape index (κ2) is 6.56. The Morgan fingerprint density at radius 2 is 2.26 bits per heavy atom. The van der Waals surface area contributed by atoms with E-state index in [0.717, 1.165) is 18.3 Å². The SMILES string of the molecule is COc1cc([N+](=O)[O-])cc(C=NNC(=O)c2cc(C)[nH]n2)c1O. The molecule has 1 heterocycles. The van der Waals surface area contributed by atoms with Gasteiger partial charge in [0.1, 0.15) is 0 Å². The first-order valence-corrected chi connectivity index (χ1v) is 6.33. The minimum absolute atomic E-state index is 0.0227. The zero-order valence-electron chi connectivity index (χ0n) is 12.2. The van der Waals surface area contributed by atoms with Crippen LogP contribution in [-0.2, 0) is 0 Å². The molecule has 0 aliphatic rings. The van der Waals surface area contributed by atoms with Gasteiger partial charge >= 0.3 is 0 Å². The number of phenolic OH excluding ortho intramolecular Hbond substituents is 1. The van der Waals surface area contributed by atoms with Gasteiger partial charge in [-0.3, -0.25) is 20.0 Å². The predicted octanol–water partition coefficient (Wildman–Crippen LogP) is 1.10. The summed E-state index contributed by atoms with van der Waals surface area (Å²) in [5.74, 6) is -0.968. The fourth-order valence-corrected chi connectivity index (χ4v) is 1.73. The third-order valence-corrected chi connectivity index (χ3v) is 2.83. The normalized spacial score (nSPS) is 10.7. The van der Waals surface area contributed by atoms with Crippen LogP contribution in [0, 0.1) is 17.0 Å². The fraction of sp³-hybridized carbons (Fsp3) is 0.154. The monoisotopic (exact) mass is 319 g/mol. The molecular formula is C13H13N5O5. The maximum absolute atomic E-state index is 11.7. The van der Waals surface area contributed by atoms with E-state index >= 15 is 0 Å². The Morgan fingerprint density at radius 1 is 1.52 bits per heavy atom. The van der Waals surface area contributed by atoms with Gasteiger partial charge in [0.05, 0.1) is 24.3 Å². The summed E-state index contributed by atoms with van der Waals surface area (Å²) >= 11 is 0. The quantitative estimate of drug-likeness (QED) is 0.428. The molecule has 120 valence electrons. The van der Waals surface area contributed by atoms with Crippen molar-refractivity contribution in [2.45, 2.75) is 6.92 Å². The number of ether oxygens (including phenoxy) is 1. The molecule has 0 aliphatic carbocycles. The van der Waals surface area contributed by atoms with Crippen LogP contribution in [0.4, 0.5) is 5.69 Å². The second-order valence-corrected chi connectivity index (χ2v) is 4.48. The number of carbonyl (C=O) groups is 1. The highest BCUT2D eigenvalue weighted by atomic mass is 16.6. The molecule has 1 amide bonds. The van der Waals surface area contributed by atoms with Gasteiger partial charge in [-0.1, -0.05) is 0 Å². The molecule has 10 nitrogen and oxygen atoms in total. The van der Waals surface area contributed by atoms with E-state index in [0.29, 0.717) is 5.69 Å². The Kier molecular flexibility index (Phi) is 4.55. The lowest BCUT2D eigenvalue weighted by molar-refractivity contribution is -0.385. The van der Waals surface area contributed by atoms with E-state index in [9.17, 15) is 20.0 Å². The number of nitro groups is 1. The Morgan fingerprint density at radius 3 is 2.83 bits per heavy atom. The summed E-state index contributed by atoms with van der Waals surface area (Å²) in [6, 6.07) is 3.71. The third kappa shape index (κ3) is 3.61. The van der Waals surface area contributed by atoms with Gasteiger partial charge in [0, 0.05) is 17.3 Å². The number of benzene rings is 1. The van der Waals surface area contributed by atoms with E-state index in [1.54, 1.807) is 6.92 Å². The number of aromatic amines is 1. The lowest BCUT2D eigenvalue weighted by atomic mass is 10.2. The molecule has 23 heavy (non-hydrogen) atoms. The number of aryl methyl sites for hydroxylation is 1. The number of nitrogens with one attached hydrogen (secondary N) is 2. The minimum atomic E-state index is -0.635. The first-order valence-electron chi connectivity index (χ1n) is 6.33. The third-order valence-electron chi connectivity index (χ3n) is 2.83. The van der Waals surface area contributed by atoms with Crippen LogP contribution in [0.3, 0.4) is 0 Å². The largest absolute Gasteiger partial charge is 0.504 e. The Labute approximate surface area is 129 Å². The molecule has 1 aromatic heterocycles. The molecule has 3 N–H and O–H groups in total. The van der Waals surface area contributed by atoms with E-state index < -0.39 is 10.8 Å². The summed E-state index contributed by atoms with van der Waals surface area (Å²) in [4.78, 5) is 21.9. The minimum Gasteiger partial charge on any atom is -0.504 e. The molecule has 0 spiro atoms. The molecule has 0 saturated heterocycles. The summed E-state index contributed by atoms with van der Waals surface area (Å²) in [7, 11) is 1.27. The van der Waals surface area contributed by atoms with Gasteiger partial charge in [-0.2, -0.15) is 10.2 Å². The Balaban J connectivity index is 2.20. The van der Waals surface area contributed by atoms with Crippen LogP contribution in [0.25, 0.3) is 0 Å². The van der Waals surface area contributed by atoms with Gasteiger partial charge < -0.3 is 9.84 Å². The van der Waals surface area contributed by atoms with Gasteiger partial charge in [0.15, 0.2) is 17.2 Å². The molecule has 0 aliphatic heterocycles. The summed E-state index contributed by atoms with van der Waals surface area (Å²) in [6.45, 7) is 1.74. The summed E-state index contributed by atoms with van der Waals surface area (Å²) in [5, 5.41) is 30.8. The lowest BCUT2D eigenvalue weighted by Crippen LogP contribution is -2.18. The molecule has 0 fully saturated rings. The number of carbonyl (C=O) groups excluding carboxylic acids is 1. The molecule has 0 bridgehead atoms. The van der Waals surface area contributed by atoms with Gasteiger partial charge in [-0.25, -0.2) is 5.43 Å². The van der Waals surface area contributed by atoms with Gasteiger partial charge in [0.25, 0.3) is 11.6 Å². The highest BCUT2D eigenvalue weighted by Gasteiger charge is 2.16. The van der Waals surface area contributed by atoms with Crippen LogP contribution in [-0.4, -0.2) is 39.5 Å². The number of hydrazone groups is 1. The molecule has 0 atom stereocenters. The highest BCUT2D eigenvalue weighted by molar-refractivity contribution is 5.93. The number of aromatic hydroxyl groups is 1. The molecule has 0 radical (unpaired) electrons. The van der Waals surface area contributed by atoms with Crippen molar-refractivity contribution in [3.63, 3.8) is 0 Å². The standard InChI is InChI=1S/C13H13N5O5/c1-7-3-10(16-15-7)13(20)17-14-6-8-4-9(18(21)22)5-11(23-2)12(8)19/h3-6,19H,1-2H3,(H,15,16)(H,17,20). The first-order chi connectivity index (χ1) is 10.9. The topological polar surface area (TPSA) is 143 Å². The van der Waals surface area contributed by atoms with E-state index in [1.165, 1.54) is 13.2 Å². The smallest absolute Gasteiger partial charge is 0.291 e. The van der Waals surface area contributed by atoms with Crippen LogP contribution in [0.5, 0.6) is 11.5 Å². The Bertz CT molecular complexity index is 783. The van der Waals surface area contributed by atoms with Crippen molar-refractivity contribution in [2.75, 3.05) is 7.11 Å².